The first-order valence-corrected chi connectivity index (χ1v) is 6.39. The summed E-state index contributed by atoms with van der Waals surface area (Å²) in [6, 6.07) is 3.75. The zero-order chi connectivity index (χ0) is 12.1. The van der Waals surface area contributed by atoms with E-state index in [1.165, 1.54) is 11.3 Å². The van der Waals surface area contributed by atoms with E-state index in [9.17, 15) is 0 Å². The lowest BCUT2D eigenvalue weighted by Crippen LogP contribution is -2.30. The number of nitrogens with two attached hydrogens (primary N) is 1. The smallest absolute Gasteiger partial charge is 0.107 e. The highest BCUT2D eigenvalue weighted by atomic mass is 35.5. The average Bonchev–Trinajstić information content (AvgIpc) is 2.61. The topological polar surface area (TPSA) is 44.5 Å². The molecule has 0 fully saturated rings. The van der Waals surface area contributed by atoms with E-state index >= 15 is 0 Å². The second-order valence-electron chi connectivity index (χ2n) is 3.82. The molecule has 92 valence electrons. The molecule has 1 heterocycles. The van der Waals surface area contributed by atoms with Crippen LogP contribution in [0.5, 0.6) is 0 Å². The van der Waals surface area contributed by atoms with Crippen LogP contribution in [0.1, 0.15) is 24.8 Å². The van der Waals surface area contributed by atoms with Crippen LogP contribution < -0.4 is 5.73 Å². The lowest BCUT2D eigenvalue weighted by Gasteiger charge is -2.24. The molecule has 0 radical (unpaired) electrons. The molecule has 0 aliphatic rings. The molecule has 3 atom stereocenters. The van der Waals surface area contributed by atoms with Crippen molar-refractivity contribution in [2.45, 2.75) is 32.1 Å². The summed E-state index contributed by atoms with van der Waals surface area (Å²) in [4.78, 5) is 1.06. The maximum Gasteiger partial charge on any atom is 0.107 e. The Hall–Kier alpha value is -0.130. The van der Waals surface area contributed by atoms with Crippen LogP contribution in [0.2, 0.25) is 4.34 Å². The molecule has 16 heavy (non-hydrogen) atoms. The van der Waals surface area contributed by atoms with Crippen molar-refractivity contribution in [1.82, 2.24) is 0 Å². The van der Waals surface area contributed by atoms with E-state index in [1.807, 2.05) is 26.0 Å². The first-order chi connectivity index (χ1) is 7.54. The van der Waals surface area contributed by atoms with Crippen LogP contribution in [0.4, 0.5) is 0 Å². The molecule has 0 saturated carbocycles. The Morgan fingerprint density at radius 3 is 2.56 bits per heavy atom. The highest BCUT2D eigenvalue weighted by molar-refractivity contribution is 7.16. The van der Waals surface area contributed by atoms with Crippen molar-refractivity contribution in [2.24, 2.45) is 5.73 Å². The van der Waals surface area contributed by atoms with E-state index in [1.54, 1.807) is 7.11 Å². The third-order valence-electron chi connectivity index (χ3n) is 2.13. The van der Waals surface area contributed by atoms with E-state index < -0.39 is 0 Å². The summed E-state index contributed by atoms with van der Waals surface area (Å²) in [5.41, 5.74) is 5.92. The van der Waals surface area contributed by atoms with Crippen LogP contribution in [0.15, 0.2) is 12.1 Å². The summed E-state index contributed by atoms with van der Waals surface area (Å²) in [6.45, 7) is 4.45. The molecule has 1 aromatic heterocycles. The van der Waals surface area contributed by atoms with Gasteiger partial charge in [0.1, 0.15) is 6.10 Å². The van der Waals surface area contributed by atoms with Gasteiger partial charge in [-0.15, -0.1) is 11.3 Å². The quantitative estimate of drug-likeness (QED) is 0.858. The minimum Gasteiger partial charge on any atom is -0.382 e. The Bertz CT molecular complexity index is 317. The molecule has 0 aliphatic carbocycles. The van der Waals surface area contributed by atoms with Gasteiger partial charge in [-0.05, 0) is 26.0 Å². The monoisotopic (exact) mass is 263 g/mol. The lowest BCUT2D eigenvalue weighted by atomic mass is 10.1. The third-order valence-corrected chi connectivity index (χ3v) is 3.42. The van der Waals surface area contributed by atoms with Crippen molar-refractivity contribution in [3.8, 4) is 0 Å². The molecule has 0 aliphatic heterocycles. The fraction of sp³-hybridized carbons (Fsp3) is 0.636. The number of methoxy groups -OCH3 is 1. The lowest BCUT2D eigenvalue weighted by molar-refractivity contribution is -0.0466. The Labute approximate surface area is 105 Å². The maximum atomic E-state index is 5.92. The van der Waals surface area contributed by atoms with Crippen molar-refractivity contribution < 1.29 is 9.47 Å². The highest BCUT2D eigenvalue weighted by Crippen LogP contribution is 2.31. The van der Waals surface area contributed by atoms with E-state index in [0.717, 1.165) is 9.21 Å². The predicted molar refractivity (Wildman–Crippen MR) is 68.1 cm³/mol. The largest absolute Gasteiger partial charge is 0.382 e. The Kier molecular flexibility index (Phi) is 5.72. The fourth-order valence-corrected chi connectivity index (χ4v) is 2.67. The van der Waals surface area contributed by atoms with Gasteiger partial charge in [0.2, 0.25) is 0 Å². The number of hydrogen-bond donors (Lipinski definition) is 1. The molecule has 0 spiro atoms. The number of halogens is 1. The second-order valence-corrected chi connectivity index (χ2v) is 5.57. The van der Waals surface area contributed by atoms with Gasteiger partial charge < -0.3 is 15.2 Å². The van der Waals surface area contributed by atoms with E-state index in [-0.39, 0.29) is 18.2 Å². The van der Waals surface area contributed by atoms with Crippen LogP contribution in [0.3, 0.4) is 0 Å². The first kappa shape index (κ1) is 13.9. The molecule has 2 N–H and O–H groups in total. The van der Waals surface area contributed by atoms with E-state index in [4.69, 9.17) is 26.8 Å². The molecular formula is C11H18ClNO2S. The molecule has 5 heteroatoms. The number of thiophene rings is 1. The summed E-state index contributed by atoms with van der Waals surface area (Å²) in [7, 11) is 1.66. The van der Waals surface area contributed by atoms with Gasteiger partial charge in [0.15, 0.2) is 0 Å². The van der Waals surface area contributed by atoms with Gasteiger partial charge >= 0.3 is 0 Å². The number of rotatable bonds is 6. The van der Waals surface area contributed by atoms with Crippen molar-refractivity contribution >= 4 is 22.9 Å². The van der Waals surface area contributed by atoms with Crippen molar-refractivity contribution in [2.75, 3.05) is 13.7 Å². The highest BCUT2D eigenvalue weighted by Gasteiger charge is 2.21. The van der Waals surface area contributed by atoms with Gasteiger partial charge in [-0.1, -0.05) is 11.6 Å². The van der Waals surface area contributed by atoms with Gasteiger partial charge in [-0.25, -0.2) is 0 Å². The van der Waals surface area contributed by atoms with Crippen molar-refractivity contribution in [1.29, 1.82) is 0 Å². The van der Waals surface area contributed by atoms with Gasteiger partial charge in [0.25, 0.3) is 0 Å². The second kappa shape index (κ2) is 6.57. The molecule has 1 rings (SSSR count). The molecule has 0 saturated heterocycles. The van der Waals surface area contributed by atoms with E-state index in [2.05, 4.69) is 0 Å². The summed E-state index contributed by atoms with van der Waals surface area (Å²) in [5, 5.41) is 0. The van der Waals surface area contributed by atoms with Crippen LogP contribution >= 0.6 is 22.9 Å². The standard InChI is InChI=1S/C11H18ClNO2S/c1-7(6-14-3)15-11(8(2)13)9-4-5-10(12)16-9/h4-5,7-8,11H,6,13H2,1-3H3. The van der Waals surface area contributed by atoms with Crippen LogP contribution in [0, 0.1) is 0 Å². The Balaban J connectivity index is 2.68. The van der Waals surface area contributed by atoms with Crippen LogP contribution in [-0.2, 0) is 9.47 Å². The van der Waals surface area contributed by atoms with E-state index in [0.29, 0.717) is 6.61 Å². The van der Waals surface area contributed by atoms with Gasteiger partial charge in [-0.2, -0.15) is 0 Å². The first-order valence-electron chi connectivity index (χ1n) is 5.19. The van der Waals surface area contributed by atoms with Crippen LogP contribution in [0.25, 0.3) is 0 Å². The Morgan fingerprint density at radius 1 is 1.44 bits per heavy atom. The number of hydrogen-bond acceptors (Lipinski definition) is 4. The van der Waals surface area contributed by atoms with Crippen LogP contribution in [-0.4, -0.2) is 25.9 Å². The van der Waals surface area contributed by atoms with Gasteiger partial charge in [0, 0.05) is 18.0 Å². The zero-order valence-corrected chi connectivity index (χ0v) is 11.3. The molecule has 3 nitrogen and oxygen atoms in total. The molecule has 1 aromatic rings. The van der Waals surface area contributed by atoms with Crippen molar-refractivity contribution in [3.63, 3.8) is 0 Å². The summed E-state index contributed by atoms with van der Waals surface area (Å²) in [6.07, 6.45) is -0.107. The molecule has 0 amide bonds. The molecular weight excluding hydrogens is 246 g/mol. The summed E-state index contributed by atoms with van der Waals surface area (Å²) < 4.78 is 11.6. The maximum absolute atomic E-state index is 5.92. The minimum atomic E-state index is -0.123. The summed E-state index contributed by atoms with van der Waals surface area (Å²) in [5.74, 6) is 0. The van der Waals surface area contributed by atoms with Gasteiger partial charge in [0.05, 0.1) is 17.0 Å². The Morgan fingerprint density at radius 2 is 2.12 bits per heavy atom. The fourth-order valence-electron chi connectivity index (χ4n) is 1.46. The third kappa shape index (κ3) is 4.03. The summed E-state index contributed by atoms with van der Waals surface area (Å²) >= 11 is 7.41. The van der Waals surface area contributed by atoms with Gasteiger partial charge in [-0.3, -0.25) is 0 Å². The minimum absolute atomic E-state index is 0.0156. The SMILES string of the molecule is COCC(C)OC(c1ccc(Cl)s1)C(C)N. The molecule has 0 aromatic carbocycles. The predicted octanol–water partition coefficient (Wildman–Crippen LogP) is 2.84. The number of ether oxygens (including phenoxy) is 2. The zero-order valence-electron chi connectivity index (χ0n) is 9.77. The molecule has 3 unspecified atom stereocenters. The average molecular weight is 264 g/mol. The van der Waals surface area contributed by atoms with Crippen molar-refractivity contribution in [3.05, 3.63) is 21.3 Å². The molecule has 0 bridgehead atoms. The normalized spacial score (nSPS) is 17.1.